The minimum absolute atomic E-state index is 0.135. The van der Waals surface area contributed by atoms with Crippen molar-refractivity contribution >= 4 is 21.4 Å². The molecule has 1 aromatic carbocycles. The second-order valence-electron chi connectivity index (χ2n) is 8.54. The van der Waals surface area contributed by atoms with Crippen LogP contribution in [0.2, 0.25) is 0 Å². The highest BCUT2D eigenvalue weighted by molar-refractivity contribution is 7.90. The molecule has 33 heavy (non-hydrogen) atoms. The predicted molar refractivity (Wildman–Crippen MR) is 121 cm³/mol. The van der Waals surface area contributed by atoms with Gasteiger partial charge < -0.3 is 9.80 Å². The van der Waals surface area contributed by atoms with Crippen LogP contribution in [-0.4, -0.2) is 53.3 Å². The first-order chi connectivity index (χ1) is 15.8. The van der Waals surface area contributed by atoms with Crippen LogP contribution >= 0.6 is 0 Å². The van der Waals surface area contributed by atoms with Crippen LogP contribution in [0.3, 0.4) is 0 Å². The van der Waals surface area contributed by atoms with E-state index < -0.39 is 15.7 Å². The van der Waals surface area contributed by atoms with E-state index in [1.54, 1.807) is 34.0 Å². The van der Waals surface area contributed by atoms with E-state index in [9.17, 15) is 17.6 Å². The molecule has 3 aromatic rings. The van der Waals surface area contributed by atoms with Crippen molar-refractivity contribution in [2.24, 2.45) is 0 Å². The smallest absolute Gasteiger partial charge is 0.256 e. The van der Waals surface area contributed by atoms with Crippen molar-refractivity contribution in [3.8, 4) is 5.82 Å². The molecule has 10 heteroatoms. The van der Waals surface area contributed by atoms with E-state index in [1.165, 1.54) is 12.1 Å². The molecule has 0 saturated carbocycles. The summed E-state index contributed by atoms with van der Waals surface area (Å²) < 4.78 is 39.1. The standard InChI is InChI=1S/C23H24FN5O3S/c1-33(31,32)18-6-7-21(27-9-3-2-4-10-27)19(11-18)23(30)28-13-16-14-29(26-20(16)15-28)22-8-5-17(24)12-25-22/h5-8,11-12,14H,2-4,9-10,13,15H2,1H3. The molecule has 0 radical (unpaired) electrons. The van der Waals surface area contributed by atoms with Gasteiger partial charge in [0.25, 0.3) is 5.91 Å². The Labute approximate surface area is 191 Å². The van der Waals surface area contributed by atoms with E-state index in [0.717, 1.165) is 61.7 Å². The summed E-state index contributed by atoms with van der Waals surface area (Å²) >= 11 is 0. The number of aromatic nitrogens is 3. The fraction of sp³-hybridized carbons (Fsp3) is 0.348. The number of benzene rings is 1. The first kappa shape index (κ1) is 21.6. The summed E-state index contributed by atoms with van der Waals surface area (Å²) in [6.45, 7) is 2.36. The van der Waals surface area contributed by atoms with Gasteiger partial charge in [-0.2, -0.15) is 5.10 Å². The van der Waals surface area contributed by atoms with Crippen molar-refractivity contribution in [3.05, 3.63) is 65.4 Å². The topological polar surface area (TPSA) is 88.4 Å². The van der Waals surface area contributed by atoms with E-state index in [1.807, 2.05) is 0 Å². The Kier molecular flexibility index (Phi) is 5.40. The van der Waals surface area contributed by atoms with Gasteiger partial charge in [0, 0.05) is 43.3 Å². The number of halogens is 1. The maximum atomic E-state index is 13.6. The number of carbonyl (C=O) groups excluding carboxylic acids is 1. The van der Waals surface area contributed by atoms with Crippen LogP contribution in [-0.2, 0) is 22.9 Å². The van der Waals surface area contributed by atoms with Gasteiger partial charge in [-0.15, -0.1) is 0 Å². The number of piperidine rings is 1. The van der Waals surface area contributed by atoms with E-state index in [4.69, 9.17) is 0 Å². The van der Waals surface area contributed by atoms with Crippen LogP contribution in [0.5, 0.6) is 0 Å². The first-order valence-electron chi connectivity index (χ1n) is 10.9. The lowest BCUT2D eigenvalue weighted by Gasteiger charge is -2.31. The number of fused-ring (bicyclic) bond motifs is 1. The number of amides is 1. The van der Waals surface area contributed by atoms with Crippen molar-refractivity contribution in [2.75, 3.05) is 24.2 Å². The number of sulfone groups is 1. The SMILES string of the molecule is CS(=O)(=O)c1ccc(N2CCCCC2)c(C(=O)N2Cc3cn(-c4ccc(F)cn4)nc3C2)c1. The lowest BCUT2D eigenvalue weighted by molar-refractivity contribution is 0.0749. The van der Waals surface area contributed by atoms with Crippen LogP contribution in [0.15, 0.2) is 47.6 Å². The van der Waals surface area contributed by atoms with Crippen molar-refractivity contribution in [3.63, 3.8) is 0 Å². The number of carbonyl (C=O) groups is 1. The molecule has 4 heterocycles. The van der Waals surface area contributed by atoms with E-state index in [0.29, 0.717) is 24.5 Å². The number of hydrogen-bond acceptors (Lipinski definition) is 6. The Morgan fingerprint density at radius 2 is 1.85 bits per heavy atom. The van der Waals surface area contributed by atoms with Gasteiger partial charge in [-0.3, -0.25) is 4.79 Å². The maximum absolute atomic E-state index is 13.6. The van der Waals surface area contributed by atoms with Gasteiger partial charge in [-0.05, 0) is 49.6 Å². The van der Waals surface area contributed by atoms with Gasteiger partial charge >= 0.3 is 0 Å². The highest BCUT2D eigenvalue weighted by Crippen LogP contribution is 2.31. The average molecular weight is 470 g/mol. The third-order valence-electron chi connectivity index (χ3n) is 6.14. The van der Waals surface area contributed by atoms with Crippen molar-refractivity contribution in [1.82, 2.24) is 19.7 Å². The molecule has 2 aliphatic heterocycles. The van der Waals surface area contributed by atoms with Gasteiger partial charge in [-0.1, -0.05) is 0 Å². The lowest BCUT2D eigenvalue weighted by atomic mass is 10.1. The Hall–Kier alpha value is -3.27. The third kappa shape index (κ3) is 4.22. The number of rotatable bonds is 4. The summed E-state index contributed by atoms with van der Waals surface area (Å²) in [5, 5.41) is 4.52. The molecule has 0 bridgehead atoms. The highest BCUT2D eigenvalue weighted by Gasteiger charge is 2.30. The maximum Gasteiger partial charge on any atom is 0.256 e. The lowest BCUT2D eigenvalue weighted by Crippen LogP contribution is -2.33. The molecular weight excluding hydrogens is 445 g/mol. The molecule has 1 amide bonds. The molecule has 0 N–H and O–H groups in total. The second kappa shape index (κ2) is 8.26. The predicted octanol–water partition coefficient (Wildman–Crippen LogP) is 2.96. The second-order valence-corrected chi connectivity index (χ2v) is 10.6. The number of pyridine rings is 1. The fourth-order valence-corrected chi connectivity index (χ4v) is 5.06. The molecule has 0 aliphatic carbocycles. The van der Waals surface area contributed by atoms with Crippen LogP contribution in [0.25, 0.3) is 5.82 Å². The molecule has 2 aliphatic rings. The molecular formula is C23H24FN5O3S. The summed E-state index contributed by atoms with van der Waals surface area (Å²) in [4.78, 5) is 21.6. The summed E-state index contributed by atoms with van der Waals surface area (Å²) in [5.74, 6) is -0.140. The fourth-order valence-electron chi connectivity index (χ4n) is 4.42. The van der Waals surface area contributed by atoms with Gasteiger partial charge in [0.05, 0.1) is 28.9 Å². The number of nitrogens with zero attached hydrogens (tertiary/aromatic N) is 5. The zero-order chi connectivity index (χ0) is 23.2. The monoisotopic (exact) mass is 469 g/mol. The molecule has 0 spiro atoms. The molecule has 1 saturated heterocycles. The van der Waals surface area contributed by atoms with Crippen molar-refractivity contribution < 1.29 is 17.6 Å². The van der Waals surface area contributed by atoms with E-state index in [-0.39, 0.29) is 10.8 Å². The normalized spacial score (nSPS) is 16.2. The van der Waals surface area contributed by atoms with Gasteiger partial charge in [-0.25, -0.2) is 22.5 Å². The Bertz CT molecular complexity index is 1290. The minimum Gasteiger partial charge on any atom is -0.371 e. The molecule has 8 nitrogen and oxygen atoms in total. The zero-order valence-electron chi connectivity index (χ0n) is 18.2. The molecule has 2 aromatic heterocycles. The number of hydrogen-bond donors (Lipinski definition) is 0. The van der Waals surface area contributed by atoms with Crippen LogP contribution in [0, 0.1) is 5.82 Å². The Morgan fingerprint density at radius 3 is 2.52 bits per heavy atom. The Balaban J connectivity index is 1.43. The summed E-state index contributed by atoms with van der Waals surface area (Å²) in [5.41, 5.74) is 2.80. The molecule has 172 valence electrons. The van der Waals surface area contributed by atoms with E-state index in [2.05, 4.69) is 15.0 Å². The molecule has 5 rings (SSSR count). The van der Waals surface area contributed by atoms with Crippen LogP contribution in [0.1, 0.15) is 40.9 Å². The van der Waals surface area contributed by atoms with Gasteiger partial charge in [0.1, 0.15) is 5.82 Å². The van der Waals surface area contributed by atoms with Crippen molar-refractivity contribution in [1.29, 1.82) is 0 Å². The third-order valence-corrected chi connectivity index (χ3v) is 7.25. The number of anilines is 1. The summed E-state index contributed by atoms with van der Waals surface area (Å²) in [6, 6.07) is 7.70. The minimum atomic E-state index is -3.45. The van der Waals surface area contributed by atoms with Crippen LogP contribution in [0.4, 0.5) is 10.1 Å². The quantitative estimate of drug-likeness (QED) is 0.584. The van der Waals surface area contributed by atoms with Crippen LogP contribution < -0.4 is 4.90 Å². The largest absolute Gasteiger partial charge is 0.371 e. The molecule has 0 unspecified atom stereocenters. The summed E-state index contributed by atoms with van der Waals surface area (Å²) in [7, 11) is -3.45. The zero-order valence-corrected chi connectivity index (χ0v) is 19.1. The van der Waals surface area contributed by atoms with Gasteiger partial charge in [0.2, 0.25) is 0 Å². The summed E-state index contributed by atoms with van der Waals surface area (Å²) in [6.07, 6.45) is 7.32. The Morgan fingerprint density at radius 1 is 1.06 bits per heavy atom. The molecule has 1 fully saturated rings. The van der Waals surface area contributed by atoms with E-state index >= 15 is 0 Å². The first-order valence-corrected chi connectivity index (χ1v) is 12.8. The van der Waals surface area contributed by atoms with Crippen molar-refractivity contribution in [2.45, 2.75) is 37.2 Å². The van der Waals surface area contributed by atoms with Gasteiger partial charge in [0.15, 0.2) is 15.7 Å². The molecule has 0 atom stereocenters. The average Bonchev–Trinajstić information content (AvgIpc) is 3.38. The highest BCUT2D eigenvalue weighted by atomic mass is 32.2.